The normalized spacial score (nSPS) is 34.7. The van der Waals surface area contributed by atoms with Crippen molar-refractivity contribution in [2.75, 3.05) is 0 Å². The molecule has 0 aromatic rings. The summed E-state index contributed by atoms with van der Waals surface area (Å²) in [5.41, 5.74) is 0. The Morgan fingerprint density at radius 2 is 1.73 bits per heavy atom. The Balaban J connectivity index is 1.91. The number of aliphatic hydroxyl groups is 3. The monoisotopic (exact) mass is 418 g/mol. The summed E-state index contributed by atoms with van der Waals surface area (Å²) in [6.45, 7) is 1.86. The zero-order valence-electron chi connectivity index (χ0n) is 17.5. The van der Waals surface area contributed by atoms with E-state index < -0.39 is 18.3 Å². The SMILES string of the molecule is CC1CCCC=CC2OC(CC(O)CC=CC=CC(O)CC=CC=CC(=O)O1)C2O. The molecule has 6 nitrogen and oxygen atoms in total. The lowest BCUT2D eigenvalue weighted by Gasteiger charge is -2.41. The molecule has 3 N–H and O–H groups in total. The van der Waals surface area contributed by atoms with Crippen LogP contribution in [0.5, 0.6) is 0 Å². The number of carbonyl (C=O) groups is 1. The fourth-order valence-corrected chi connectivity index (χ4v) is 3.27. The molecule has 3 aliphatic rings. The van der Waals surface area contributed by atoms with Crippen LogP contribution in [0.3, 0.4) is 0 Å². The summed E-state index contributed by atoms with van der Waals surface area (Å²) in [7, 11) is 0. The predicted molar refractivity (Wildman–Crippen MR) is 116 cm³/mol. The van der Waals surface area contributed by atoms with E-state index in [9.17, 15) is 20.1 Å². The second-order valence-corrected chi connectivity index (χ2v) is 7.76. The summed E-state index contributed by atoms with van der Waals surface area (Å²) < 4.78 is 11.0. The predicted octanol–water partition coefficient (Wildman–Crippen LogP) is 2.90. The van der Waals surface area contributed by atoms with Crippen LogP contribution in [0.4, 0.5) is 0 Å². The summed E-state index contributed by atoms with van der Waals surface area (Å²) in [6.07, 6.45) is 18.2. The lowest BCUT2D eigenvalue weighted by molar-refractivity contribution is -0.209. The first-order valence-electron chi connectivity index (χ1n) is 10.7. The molecule has 1 saturated heterocycles. The third kappa shape index (κ3) is 9.22. The van der Waals surface area contributed by atoms with Gasteiger partial charge in [0.15, 0.2) is 0 Å². The Morgan fingerprint density at radius 1 is 0.967 bits per heavy atom. The fraction of sp³-hybridized carbons (Fsp3) is 0.542. The molecule has 2 bridgehead atoms. The Morgan fingerprint density at radius 3 is 2.53 bits per heavy atom. The van der Waals surface area contributed by atoms with Crippen LogP contribution in [0.15, 0.2) is 60.8 Å². The Kier molecular flexibility index (Phi) is 10.8. The van der Waals surface area contributed by atoms with Gasteiger partial charge in [-0.05, 0) is 39.0 Å². The molecular weight excluding hydrogens is 384 g/mol. The molecule has 3 heterocycles. The molecular formula is C24H34O6. The van der Waals surface area contributed by atoms with Crippen LogP contribution in [0.1, 0.15) is 45.4 Å². The minimum Gasteiger partial charge on any atom is -0.460 e. The molecule has 3 aliphatic heterocycles. The molecule has 166 valence electrons. The third-order valence-electron chi connectivity index (χ3n) is 5.02. The molecule has 0 amide bonds. The molecule has 30 heavy (non-hydrogen) atoms. The number of fused-ring (bicyclic) bond motifs is 15. The molecule has 6 unspecified atom stereocenters. The van der Waals surface area contributed by atoms with Crippen molar-refractivity contribution < 1.29 is 29.6 Å². The van der Waals surface area contributed by atoms with E-state index in [0.717, 1.165) is 19.3 Å². The van der Waals surface area contributed by atoms with E-state index in [1.165, 1.54) is 6.08 Å². The minimum absolute atomic E-state index is 0.179. The van der Waals surface area contributed by atoms with Crippen molar-refractivity contribution in [3.8, 4) is 0 Å². The summed E-state index contributed by atoms with van der Waals surface area (Å²) in [4.78, 5) is 11.8. The van der Waals surface area contributed by atoms with E-state index in [-0.39, 0.29) is 24.3 Å². The van der Waals surface area contributed by atoms with Crippen LogP contribution in [-0.2, 0) is 14.3 Å². The highest BCUT2D eigenvalue weighted by molar-refractivity contribution is 5.82. The van der Waals surface area contributed by atoms with Gasteiger partial charge >= 0.3 is 5.97 Å². The zero-order valence-corrected chi connectivity index (χ0v) is 17.5. The zero-order chi connectivity index (χ0) is 21.8. The van der Waals surface area contributed by atoms with Gasteiger partial charge < -0.3 is 24.8 Å². The van der Waals surface area contributed by atoms with Crippen molar-refractivity contribution in [3.63, 3.8) is 0 Å². The van der Waals surface area contributed by atoms with Gasteiger partial charge in [-0.3, -0.25) is 0 Å². The molecule has 6 atom stereocenters. The van der Waals surface area contributed by atoms with Gasteiger partial charge in [-0.15, -0.1) is 0 Å². The van der Waals surface area contributed by atoms with Crippen molar-refractivity contribution >= 4 is 5.97 Å². The average molecular weight is 419 g/mol. The molecule has 6 heteroatoms. The van der Waals surface area contributed by atoms with Crippen LogP contribution in [0.25, 0.3) is 0 Å². The molecule has 0 aromatic carbocycles. The summed E-state index contributed by atoms with van der Waals surface area (Å²) in [5, 5.41) is 30.2. The Hall–Kier alpha value is -1.99. The maximum Gasteiger partial charge on any atom is 0.331 e. The number of carbonyl (C=O) groups excluding carboxylic acids is 1. The first-order chi connectivity index (χ1) is 14.5. The molecule has 0 radical (unpaired) electrons. The van der Waals surface area contributed by atoms with E-state index >= 15 is 0 Å². The van der Waals surface area contributed by atoms with Crippen LogP contribution >= 0.6 is 0 Å². The van der Waals surface area contributed by atoms with Gasteiger partial charge in [0, 0.05) is 12.5 Å². The second kappa shape index (κ2) is 13.3. The van der Waals surface area contributed by atoms with Gasteiger partial charge in [0.2, 0.25) is 0 Å². The molecule has 0 aromatic heterocycles. The molecule has 0 aliphatic carbocycles. The Bertz CT molecular complexity index is 663. The van der Waals surface area contributed by atoms with Crippen molar-refractivity contribution in [1.82, 2.24) is 0 Å². The Labute approximate surface area is 178 Å². The minimum atomic E-state index is -0.634. The highest BCUT2D eigenvalue weighted by atomic mass is 16.6. The smallest absolute Gasteiger partial charge is 0.331 e. The quantitative estimate of drug-likeness (QED) is 0.414. The largest absolute Gasteiger partial charge is 0.460 e. The number of hydrogen-bond donors (Lipinski definition) is 3. The van der Waals surface area contributed by atoms with Gasteiger partial charge in [-0.2, -0.15) is 0 Å². The molecule has 0 spiro atoms. The number of allylic oxidation sites excluding steroid dienone is 5. The maximum absolute atomic E-state index is 11.8. The molecule has 3 rings (SSSR count). The van der Waals surface area contributed by atoms with E-state index in [0.29, 0.717) is 19.3 Å². The van der Waals surface area contributed by atoms with Crippen molar-refractivity contribution in [2.45, 2.75) is 82.1 Å². The van der Waals surface area contributed by atoms with Crippen LogP contribution < -0.4 is 0 Å². The third-order valence-corrected chi connectivity index (χ3v) is 5.02. The van der Waals surface area contributed by atoms with E-state index in [1.54, 1.807) is 36.5 Å². The van der Waals surface area contributed by atoms with E-state index in [2.05, 4.69) is 0 Å². The van der Waals surface area contributed by atoms with E-state index in [1.807, 2.05) is 25.2 Å². The second-order valence-electron chi connectivity index (χ2n) is 7.76. The number of aliphatic hydroxyl groups excluding tert-OH is 3. The van der Waals surface area contributed by atoms with Crippen LogP contribution in [-0.4, -0.2) is 57.9 Å². The van der Waals surface area contributed by atoms with Crippen molar-refractivity contribution in [2.24, 2.45) is 0 Å². The standard InChI is InChI=1S/C24H34O6/c1-18-11-5-2-9-15-21-24(28)22(30-21)17-20(26)14-8-3-6-12-19(25)13-7-4-10-16-23(27)29-18/h3-4,6-10,12,15-16,18-22,24-26,28H,2,5,11,13-14,17H2,1H3. The van der Waals surface area contributed by atoms with Gasteiger partial charge in [0.1, 0.15) is 12.2 Å². The average Bonchev–Trinajstić information content (AvgIpc) is 2.70. The number of rotatable bonds is 0. The van der Waals surface area contributed by atoms with Gasteiger partial charge in [-0.25, -0.2) is 4.79 Å². The summed E-state index contributed by atoms with van der Waals surface area (Å²) >= 11 is 0. The highest BCUT2D eigenvalue weighted by Crippen LogP contribution is 2.27. The maximum atomic E-state index is 11.8. The van der Waals surface area contributed by atoms with Gasteiger partial charge in [0.25, 0.3) is 0 Å². The van der Waals surface area contributed by atoms with Crippen molar-refractivity contribution in [1.29, 1.82) is 0 Å². The lowest BCUT2D eigenvalue weighted by Crippen LogP contribution is -2.53. The fourth-order valence-electron chi connectivity index (χ4n) is 3.27. The van der Waals surface area contributed by atoms with Crippen LogP contribution in [0, 0.1) is 0 Å². The first kappa shape index (κ1) is 24.3. The van der Waals surface area contributed by atoms with Gasteiger partial charge in [0.05, 0.1) is 24.4 Å². The first-order valence-corrected chi connectivity index (χ1v) is 10.7. The molecule has 0 saturated carbocycles. The number of hydrogen-bond acceptors (Lipinski definition) is 6. The number of ether oxygens (including phenoxy) is 2. The summed E-state index contributed by atoms with van der Waals surface area (Å²) in [6, 6.07) is 0. The topological polar surface area (TPSA) is 96.2 Å². The highest BCUT2D eigenvalue weighted by Gasteiger charge is 2.40. The summed E-state index contributed by atoms with van der Waals surface area (Å²) in [5.74, 6) is -0.387. The van der Waals surface area contributed by atoms with E-state index in [4.69, 9.17) is 9.47 Å². The lowest BCUT2D eigenvalue weighted by atomic mass is 9.94. The van der Waals surface area contributed by atoms with Gasteiger partial charge in [-0.1, -0.05) is 54.7 Å². The molecule has 1 fully saturated rings. The van der Waals surface area contributed by atoms with Crippen molar-refractivity contribution in [3.05, 3.63) is 60.8 Å². The number of esters is 1. The van der Waals surface area contributed by atoms with Crippen LogP contribution in [0.2, 0.25) is 0 Å².